The van der Waals surface area contributed by atoms with Gasteiger partial charge < -0.3 is 10.1 Å². The van der Waals surface area contributed by atoms with Gasteiger partial charge in [0, 0.05) is 30.4 Å². The molecule has 0 saturated carbocycles. The first-order valence-electron chi connectivity index (χ1n) is 7.09. The van der Waals surface area contributed by atoms with Crippen molar-refractivity contribution in [3.05, 3.63) is 64.0 Å². The highest BCUT2D eigenvalue weighted by atomic mass is 16.6. The van der Waals surface area contributed by atoms with E-state index in [1.54, 1.807) is 25.4 Å². The zero-order valence-corrected chi connectivity index (χ0v) is 12.7. The van der Waals surface area contributed by atoms with Crippen LogP contribution in [0.2, 0.25) is 0 Å². The molecule has 1 aromatic carbocycles. The van der Waals surface area contributed by atoms with E-state index in [9.17, 15) is 10.1 Å². The van der Waals surface area contributed by atoms with Crippen LogP contribution in [-0.4, -0.2) is 23.1 Å². The van der Waals surface area contributed by atoms with Crippen LogP contribution in [0.25, 0.3) is 0 Å². The average Bonchev–Trinajstić information content (AvgIpc) is 2.52. The summed E-state index contributed by atoms with van der Waals surface area (Å²) in [6.45, 7) is 4.90. The highest BCUT2D eigenvalue weighted by molar-refractivity contribution is 5.45. The molecule has 0 bridgehead atoms. The number of hydrogen-bond acceptors (Lipinski definition) is 5. The van der Waals surface area contributed by atoms with E-state index in [1.807, 2.05) is 25.1 Å². The van der Waals surface area contributed by atoms with Gasteiger partial charge in [-0.25, -0.2) is 0 Å². The first kappa shape index (κ1) is 15.9. The second-order valence-electron chi connectivity index (χ2n) is 4.96. The lowest BCUT2D eigenvalue weighted by Crippen LogP contribution is -2.25. The summed E-state index contributed by atoms with van der Waals surface area (Å²) in [5.74, 6) is 0.725. The van der Waals surface area contributed by atoms with Crippen LogP contribution in [0, 0.1) is 17.0 Å². The van der Waals surface area contributed by atoms with Gasteiger partial charge in [-0.2, -0.15) is 0 Å². The molecule has 0 fully saturated rings. The van der Waals surface area contributed by atoms with Gasteiger partial charge in [-0.05, 0) is 31.5 Å². The summed E-state index contributed by atoms with van der Waals surface area (Å²) in [7, 11) is 0. The van der Waals surface area contributed by atoms with Gasteiger partial charge in [-0.15, -0.1) is 0 Å². The van der Waals surface area contributed by atoms with Gasteiger partial charge in [0.1, 0.15) is 12.4 Å². The van der Waals surface area contributed by atoms with Crippen molar-refractivity contribution in [2.75, 3.05) is 13.2 Å². The molecule has 1 aromatic heterocycles. The molecule has 6 heteroatoms. The largest absolute Gasteiger partial charge is 0.491 e. The standard InChI is InChI=1S/C16H19N3O3/c1-12-15(6-3-7-16(12)19(20)21)13(2)18-9-10-22-14-5-4-8-17-11-14/h3-8,11,13,18H,9-10H2,1-2H3/t13-/m0/s1. The van der Waals surface area contributed by atoms with Crippen molar-refractivity contribution in [1.29, 1.82) is 0 Å². The summed E-state index contributed by atoms with van der Waals surface area (Å²) in [6.07, 6.45) is 3.35. The summed E-state index contributed by atoms with van der Waals surface area (Å²) in [4.78, 5) is 14.6. The molecule has 0 aliphatic heterocycles. The molecule has 0 amide bonds. The molecule has 2 rings (SSSR count). The molecule has 22 heavy (non-hydrogen) atoms. The molecule has 0 aliphatic rings. The summed E-state index contributed by atoms with van der Waals surface area (Å²) >= 11 is 0. The monoisotopic (exact) mass is 301 g/mol. The van der Waals surface area contributed by atoms with Gasteiger partial charge in [0.25, 0.3) is 5.69 Å². The molecule has 0 radical (unpaired) electrons. The number of nitrogens with zero attached hydrogens (tertiary/aromatic N) is 2. The SMILES string of the molecule is Cc1c([C@H](C)NCCOc2cccnc2)cccc1[N+](=O)[O-]. The minimum Gasteiger partial charge on any atom is -0.491 e. The summed E-state index contributed by atoms with van der Waals surface area (Å²) in [5, 5.41) is 14.3. The quantitative estimate of drug-likeness (QED) is 0.483. The fourth-order valence-electron chi connectivity index (χ4n) is 2.29. The molecular weight excluding hydrogens is 282 g/mol. The first-order valence-corrected chi connectivity index (χ1v) is 7.09. The fraction of sp³-hybridized carbons (Fsp3) is 0.312. The van der Waals surface area contributed by atoms with Crippen molar-refractivity contribution < 1.29 is 9.66 Å². The molecule has 1 atom stereocenters. The molecule has 116 valence electrons. The molecule has 6 nitrogen and oxygen atoms in total. The number of benzene rings is 1. The summed E-state index contributed by atoms with van der Waals surface area (Å²) in [5.41, 5.74) is 1.77. The van der Waals surface area contributed by atoms with Crippen molar-refractivity contribution >= 4 is 5.69 Å². The maximum Gasteiger partial charge on any atom is 0.272 e. The normalized spacial score (nSPS) is 11.9. The molecule has 1 heterocycles. The highest BCUT2D eigenvalue weighted by Crippen LogP contribution is 2.25. The van der Waals surface area contributed by atoms with Crippen molar-refractivity contribution in [1.82, 2.24) is 10.3 Å². The van der Waals surface area contributed by atoms with Gasteiger partial charge in [-0.1, -0.05) is 12.1 Å². The lowest BCUT2D eigenvalue weighted by molar-refractivity contribution is -0.385. The van der Waals surface area contributed by atoms with Crippen LogP contribution in [0.5, 0.6) is 5.75 Å². The third kappa shape index (κ3) is 4.02. The fourth-order valence-corrected chi connectivity index (χ4v) is 2.29. The van der Waals surface area contributed by atoms with Crippen LogP contribution in [0.1, 0.15) is 24.1 Å². The van der Waals surface area contributed by atoms with Crippen molar-refractivity contribution in [2.45, 2.75) is 19.9 Å². The Kier molecular flexibility index (Phi) is 5.43. The van der Waals surface area contributed by atoms with E-state index in [2.05, 4.69) is 10.3 Å². The lowest BCUT2D eigenvalue weighted by atomic mass is 10.0. The Hall–Kier alpha value is -2.47. The van der Waals surface area contributed by atoms with Crippen LogP contribution in [0.3, 0.4) is 0 Å². The van der Waals surface area contributed by atoms with Crippen molar-refractivity contribution in [3.63, 3.8) is 0 Å². The third-order valence-corrected chi connectivity index (χ3v) is 3.47. The predicted octanol–water partition coefficient (Wildman–Crippen LogP) is 3.03. The average molecular weight is 301 g/mol. The molecule has 1 N–H and O–H groups in total. The summed E-state index contributed by atoms with van der Waals surface area (Å²) in [6, 6.07) is 8.82. The maximum atomic E-state index is 11.0. The van der Waals surface area contributed by atoms with Gasteiger partial charge in [0.2, 0.25) is 0 Å². The molecule has 0 saturated heterocycles. The topological polar surface area (TPSA) is 77.3 Å². The van der Waals surface area contributed by atoms with Gasteiger partial charge >= 0.3 is 0 Å². The predicted molar refractivity (Wildman–Crippen MR) is 84.0 cm³/mol. The Morgan fingerprint density at radius 3 is 2.86 bits per heavy atom. The van der Waals surface area contributed by atoms with E-state index in [-0.39, 0.29) is 16.7 Å². The van der Waals surface area contributed by atoms with Crippen molar-refractivity contribution in [2.24, 2.45) is 0 Å². The Bertz CT molecular complexity index is 632. The van der Waals surface area contributed by atoms with Gasteiger partial charge in [-0.3, -0.25) is 15.1 Å². The van der Waals surface area contributed by atoms with Crippen LogP contribution < -0.4 is 10.1 Å². The highest BCUT2D eigenvalue weighted by Gasteiger charge is 2.16. The Balaban J connectivity index is 1.89. The van der Waals surface area contributed by atoms with Crippen LogP contribution in [0.4, 0.5) is 5.69 Å². The number of rotatable bonds is 7. The second kappa shape index (κ2) is 7.51. The zero-order chi connectivity index (χ0) is 15.9. The maximum absolute atomic E-state index is 11.0. The zero-order valence-electron chi connectivity index (χ0n) is 12.7. The minimum atomic E-state index is -0.350. The number of nitro benzene ring substituents is 1. The summed E-state index contributed by atoms with van der Waals surface area (Å²) < 4.78 is 5.55. The molecule has 0 aliphatic carbocycles. The Morgan fingerprint density at radius 2 is 2.18 bits per heavy atom. The van der Waals surface area contributed by atoms with Crippen molar-refractivity contribution in [3.8, 4) is 5.75 Å². The van der Waals surface area contributed by atoms with E-state index in [4.69, 9.17) is 4.74 Å². The van der Waals surface area contributed by atoms with Crippen LogP contribution in [-0.2, 0) is 0 Å². The van der Waals surface area contributed by atoms with Crippen LogP contribution in [0.15, 0.2) is 42.7 Å². The first-order chi connectivity index (χ1) is 10.6. The number of nitro groups is 1. The van der Waals surface area contributed by atoms with Crippen LogP contribution >= 0.6 is 0 Å². The minimum absolute atomic E-state index is 0.0115. The Labute approximate surface area is 129 Å². The molecule has 0 spiro atoms. The van der Waals surface area contributed by atoms with E-state index in [1.165, 1.54) is 6.07 Å². The lowest BCUT2D eigenvalue weighted by Gasteiger charge is -2.16. The van der Waals surface area contributed by atoms with E-state index in [0.717, 1.165) is 11.3 Å². The van der Waals surface area contributed by atoms with E-state index >= 15 is 0 Å². The number of hydrogen-bond donors (Lipinski definition) is 1. The van der Waals surface area contributed by atoms with E-state index < -0.39 is 0 Å². The Morgan fingerprint density at radius 1 is 1.36 bits per heavy atom. The smallest absolute Gasteiger partial charge is 0.272 e. The van der Waals surface area contributed by atoms with Gasteiger partial charge in [0.15, 0.2) is 0 Å². The van der Waals surface area contributed by atoms with Gasteiger partial charge in [0.05, 0.1) is 11.1 Å². The van der Waals surface area contributed by atoms with E-state index in [0.29, 0.717) is 18.7 Å². The number of aromatic nitrogens is 1. The molecular formula is C16H19N3O3. The second-order valence-corrected chi connectivity index (χ2v) is 4.96. The molecule has 2 aromatic rings. The number of ether oxygens (including phenoxy) is 1. The molecule has 0 unspecified atom stereocenters. The third-order valence-electron chi connectivity index (χ3n) is 3.47. The number of nitrogens with one attached hydrogen (secondary N) is 1. The number of pyridine rings is 1.